The zero-order valence-electron chi connectivity index (χ0n) is 19.2. The van der Waals surface area contributed by atoms with Gasteiger partial charge in [0.15, 0.2) is 11.0 Å². The van der Waals surface area contributed by atoms with Gasteiger partial charge in [0.2, 0.25) is 11.0 Å². The fraction of sp³-hybridized carbons (Fsp3) is 0.609. The summed E-state index contributed by atoms with van der Waals surface area (Å²) in [5.74, 6) is 1.61. The van der Waals surface area contributed by atoms with Crippen LogP contribution in [0.5, 0.6) is 0 Å². The topological polar surface area (TPSA) is 85.6 Å². The number of aromatic nitrogens is 5. The van der Waals surface area contributed by atoms with E-state index in [1.165, 1.54) is 90.5 Å². The maximum atomic E-state index is 12.6. The molecule has 0 unspecified atom stereocenters. The van der Waals surface area contributed by atoms with Gasteiger partial charge in [-0.1, -0.05) is 42.4 Å². The van der Waals surface area contributed by atoms with Crippen molar-refractivity contribution in [2.75, 3.05) is 11.1 Å². The van der Waals surface area contributed by atoms with Gasteiger partial charge in [-0.15, -0.1) is 31.7 Å². The van der Waals surface area contributed by atoms with Gasteiger partial charge in [0.05, 0.1) is 5.75 Å². The zero-order chi connectivity index (χ0) is 22.8. The lowest BCUT2D eigenvalue weighted by atomic mass is 9.90. The summed E-state index contributed by atoms with van der Waals surface area (Å²) in [6.07, 6.45) is 11.0. The number of anilines is 1. The van der Waals surface area contributed by atoms with E-state index >= 15 is 0 Å². The third-order valence-electron chi connectivity index (χ3n) is 6.46. The van der Waals surface area contributed by atoms with Crippen LogP contribution in [0.25, 0.3) is 11.4 Å². The Labute approximate surface area is 206 Å². The summed E-state index contributed by atoms with van der Waals surface area (Å²) in [5, 5.41) is 25.2. The van der Waals surface area contributed by atoms with Crippen molar-refractivity contribution >= 4 is 45.5 Å². The lowest BCUT2D eigenvalue weighted by molar-refractivity contribution is -0.113. The van der Waals surface area contributed by atoms with E-state index in [1.807, 2.05) is 11.3 Å². The Kier molecular flexibility index (Phi) is 7.13. The summed E-state index contributed by atoms with van der Waals surface area (Å²) in [7, 11) is 0. The number of thiophene rings is 1. The van der Waals surface area contributed by atoms with Crippen LogP contribution in [0.3, 0.4) is 0 Å². The molecule has 176 valence electrons. The summed E-state index contributed by atoms with van der Waals surface area (Å²) in [6, 6.07) is 0.209. The molecule has 2 aliphatic carbocycles. The highest BCUT2D eigenvalue weighted by atomic mass is 32.2. The molecule has 10 heteroatoms. The van der Waals surface area contributed by atoms with Gasteiger partial charge in [0.1, 0.15) is 5.01 Å². The number of hydrogen-bond acceptors (Lipinski definition) is 8. The Morgan fingerprint density at radius 2 is 1.94 bits per heavy atom. The largest absolute Gasteiger partial charge is 0.300 e. The highest BCUT2D eigenvalue weighted by Crippen LogP contribution is 2.38. The van der Waals surface area contributed by atoms with E-state index in [9.17, 15) is 4.79 Å². The van der Waals surface area contributed by atoms with Crippen molar-refractivity contribution in [3.8, 4) is 11.4 Å². The summed E-state index contributed by atoms with van der Waals surface area (Å²) >= 11 is 4.79. The number of nitrogens with one attached hydrogen (secondary N) is 1. The van der Waals surface area contributed by atoms with Crippen molar-refractivity contribution in [1.29, 1.82) is 0 Å². The maximum absolute atomic E-state index is 12.6. The molecule has 3 aromatic rings. The van der Waals surface area contributed by atoms with Crippen LogP contribution in [0, 0.1) is 0 Å². The molecule has 0 aromatic carbocycles. The molecule has 3 heterocycles. The van der Waals surface area contributed by atoms with Crippen LogP contribution in [0.4, 0.5) is 5.13 Å². The first-order chi connectivity index (χ1) is 16.1. The van der Waals surface area contributed by atoms with Crippen LogP contribution >= 0.6 is 34.4 Å². The maximum Gasteiger partial charge on any atom is 0.236 e. The predicted molar refractivity (Wildman–Crippen MR) is 135 cm³/mol. The molecule has 2 aliphatic rings. The Bertz CT molecular complexity index is 1110. The molecule has 0 saturated heterocycles. The van der Waals surface area contributed by atoms with Gasteiger partial charge in [-0.25, -0.2) is 0 Å². The minimum Gasteiger partial charge on any atom is -0.300 e. The number of carbonyl (C=O) groups excluding carboxylic acids is 1. The van der Waals surface area contributed by atoms with Crippen molar-refractivity contribution < 1.29 is 4.79 Å². The third kappa shape index (κ3) is 5.02. The second kappa shape index (κ2) is 10.2. The van der Waals surface area contributed by atoms with Crippen LogP contribution in [-0.4, -0.2) is 36.6 Å². The van der Waals surface area contributed by atoms with Gasteiger partial charge in [-0.05, 0) is 57.9 Å². The highest BCUT2D eigenvalue weighted by molar-refractivity contribution is 7.99. The number of aryl methyl sites for hydroxylation is 1. The molecule has 1 N–H and O–H groups in total. The second-order valence-corrected chi connectivity index (χ2v) is 12.1. The Balaban J connectivity index is 1.25. The fourth-order valence-electron chi connectivity index (χ4n) is 4.79. The van der Waals surface area contributed by atoms with E-state index in [0.717, 1.165) is 22.4 Å². The number of nitrogens with zero attached hydrogens (tertiary/aromatic N) is 5. The van der Waals surface area contributed by atoms with Crippen LogP contribution in [-0.2, 0) is 17.6 Å². The predicted octanol–water partition coefficient (Wildman–Crippen LogP) is 6.10. The lowest BCUT2D eigenvalue weighted by Gasteiger charge is -2.18. The molecule has 0 bridgehead atoms. The average molecular weight is 503 g/mol. The van der Waals surface area contributed by atoms with Gasteiger partial charge in [0, 0.05) is 27.8 Å². The first-order valence-corrected chi connectivity index (χ1v) is 14.6. The standard InChI is InChI=1S/C23H30N6OS3/c1-14(2)29-20(17-12-31-18-11-7-6-10-16(17)18)25-28-23(29)32-13-19(30)24-22-27-26-21(33-22)15-8-4-3-5-9-15/h12,14-15H,3-11,13H2,1-2H3,(H,24,27,30). The molecular weight excluding hydrogens is 472 g/mol. The summed E-state index contributed by atoms with van der Waals surface area (Å²) in [4.78, 5) is 14.1. The molecule has 1 amide bonds. The van der Waals surface area contributed by atoms with Crippen LogP contribution in [0.15, 0.2) is 10.5 Å². The molecule has 3 aromatic heterocycles. The Morgan fingerprint density at radius 3 is 2.76 bits per heavy atom. The van der Waals surface area contributed by atoms with E-state index in [-0.39, 0.29) is 17.7 Å². The molecule has 1 fully saturated rings. The average Bonchev–Trinajstić information content (AvgIpc) is 3.56. The Morgan fingerprint density at radius 1 is 1.12 bits per heavy atom. The van der Waals surface area contributed by atoms with Crippen molar-refractivity contribution in [3.05, 3.63) is 20.8 Å². The minimum atomic E-state index is -0.0842. The van der Waals surface area contributed by atoms with Gasteiger partial charge in [-0.2, -0.15) is 0 Å². The van der Waals surface area contributed by atoms with E-state index in [4.69, 9.17) is 0 Å². The van der Waals surface area contributed by atoms with E-state index in [1.54, 1.807) is 0 Å². The molecular formula is C23H30N6OS3. The first kappa shape index (κ1) is 23.0. The zero-order valence-corrected chi connectivity index (χ0v) is 21.6. The van der Waals surface area contributed by atoms with Crippen LogP contribution in [0.2, 0.25) is 0 Å². The molecule has 0 atom stereocenters. The molecule has 1 saturated carbocycles. The van der Waals surface area contributed by atoms with Gasteiger partial charge in [0.25, 0.3) is 0 Å². The monoisotopic (exact) mass is 502 g/mol. The summed E-state index contributed by atoms with van der Waals surface area (Å²) < 4.78 is 2.17. The second-order valence-electron chi connectivity index (χ2n) is 9.15. The van der Waals surface area contributed by atoms with Crippen molar-refractivity contribution in [1.82, 2.24) is 25.0 Å². The summed E-state index contributed by atoms with van der Waals surface area (Å²) in [5.41, 5.74) is 2.66. The quantitative estimate of drug-likeness (QED) is 0.393. The number of carbonyl (C=O) groups is 1. The fourth-order valence-corrected chi connectivity index (χ4v) is 7.71. The van der Waals surface area contributed by atoms with Crippen molar-refractivity contribution in [3.63, 3.8) is 0 Å². The normalized spacial score (nSPS) is 16.8. The summed E-state index contributed by atoms with van der Waals surface area (Å²) in [6.45, 7) is 4.29. The Hall–Kier alpha value is -1.78. The molecule has 0 spiro atoms. The minimum absolute atomic E-state index is 0.0842. The third-order valence-corrected chi connectivity index (χ3v) is 9.49. The number of rotatable bonds is 7. The number of amides is 1. The first-order valence-electron chi connectivity index (χ1n) is 11.9. The van der Waals surface area contributed by atoms with E-state index < -0.39 is 0 Å². The highest BCUT2D eigenvalue weighted by Gasteiger charge is 2.24. The molecule has 33 heavy (non-hydrogen) atoms. The molecule has 0 radical (unpaired) electrons. The lowest BCUT2D eigenvalue weighted by Crippen LogP contribution is -2.15. The van der Waals surface area contributed by atoms with Gasteiger partial charge >= 0.3 is 0 Å². The van der Waals surface area contributed by atoms with Crippen molar-refractivity contribution in [2.24, 2.45) is 0 Å². The van der Waals surface area contributed by atoms with Crippen LogP contribution in [0.1, 0.15) is 86.2 Å². The number of thioether (sulfide) groups is 1. The van der Waals surface area contributed by atoms with Gasteiger partial charge in [-0.3, -0.25) is 14.7 Å². The van der Waals surface area contributed by atoms with Gasteiger partial charge < -0.3 is 0 Å². The van der Waals surface area contributed by atoms with Crippen LogP contribution < -0.4 is 5.32 Å². The van der Waals surface area contributed by atoms with Crippen molar-refractivity contribution in [2.45, 2.75) is 88.8 Å². The van der Waals surface area contributed by atoms with E-state index in [0.29, 0.717) is 11.0 Å². The number of fused-ring (bicyclic) bond motifs is 1. The molecule has 5 rings (SSSR count). The smallest absolute Gasteiger partial charge is 0.236 e. The molecule has 7 nitrogen and oxygen atoms in total. The van der Waals surface area contributed by atoms with E-state index in [2.05, 4.69) is 49.5 Å². The SMILES string of the molecule is CC(C)n1c(SCC(=O)Nc2nnc(C3CCCCC3)s2)nnc1-c1csc2c1CCCC2. The number of hydrogen-bond donors (Lipinski definition) is 1. The molecule has 0 aliphatic heterocycles.